The molecule has 0 saturated heterocycles. The minimum Gasteiger partial charge on any atom is -0.346 e. The van der Waals surface area contributed by atoms with Crippen LogP contribution in [0.25, 0.3) is 0 Å². The second-order valence-corrected chi connectivity index (χ2v) is 3.73. The lowest BCUT2D eigenvalue weighted by Gasteiger charge is -2.21. The van der Waals surface area contributed by atoms with Gasteiger partial charge in [-0.15, -0.1) is 0 Å². The zero-order valence-electron chi connectivity index (χ0n) is 10.3. The molecule has 0 spiro atoms. The smallest absolute Gasteiger partial charge is 0.223 e. The van der Waals surface area contributed by atoms with Crippen molar-refractivity contribution in [2.24, 2.45) is 5.73 Å². The number of carbonyl (C=O) groups excluding carboxylic acids is 1. The summed E-state index contributed by atoms with van der Waals surface area (Å²) in [4.78, 5) is 15.7. The van der Waals surface area contributed by atoms with Gasteiger partial charge >= 0.3 is 0 Å². The molecule has 15 heavy (non-hydrogen) atoms. The fourth-order valence-electron chi connectivity index (χ4n) is 1.44. The highest BCUT2D eigenvalue weighted by molar-refractivity contribution is 5.76. The molecule has 0 aromatic heterocycles. The number of hydrogen-bond donors (Lipinski definition) is 1. The van der Waals surface area contributed by atoms with E-state index >= 15 is 0 Å². The predicted octanol–water partition coefficient (Wildman–Crippen LogP) is 0.526. The van der Waals surface area contributed by atoms with Gasteiger partial charge in [0, 0.05) is 26.6 Å². The number of nitrogens with two attached hydrogens (primary N) is 1. The summed E-state index contributed by atoms with van der Waals surface area (Å²) in [6.45, 7) is 8.53. The van der Waals surface area contributed by atoms with Crippen LogP contribution in [0, 0.1) is 0 Å². The third-order valence-electron chi connectivity index (χ3n) is 2.66. The van der Waals surface area contributed by atoms with E-state index in [4.69, 9.17) is 5.73 Å². The van der Waals surface area contributed by atoms with Crippen molar-refractivity contribution in [2.45, 2.75) is 26.7 Å². The van der Waals surface area contributed by atoms with E-state index in [2.05, 4.69) is 18.7 Å². The van der Waals surface area contributed by atoms with Gasteiger partial charge in [-0.1, -0.05) is 13.8 Å². The van der Waals surface area contributed by atoms with Crippen molar-refractivity contribution in [3.8, 4) is 0 Å². The lowest BCUT2D eigenvalue weighted by molar-refractivity contribution is -0.130. The molecule has 2 N–H and O–H groups in total. The van der Waals surface area contributed by atoms with Gasteiger partial charge in [0.2, 0.25) is 5.91 Å². The van der Waals surface area contributed by atoms with Crippen molar-refractivity contribution in [3.63, 3.8) is 0 Å². The van der Waals surface area contributed by atoms with E-state index in [1.54, 1.807) is 4.90 Å². The fraction of sp³-hybridized carbons (Fsp3) is 0.909. The maximum absolute atomic E-state index is 11.6. The maximum Gasteiger partial charge on any atom is 0.223 e. The molecule has 0 bridgehead atoms. The standard InChI is InChI=1S/C11H25N3O/c1-4-14(5-2)10-7-11(15)13(3)9-6-8-12/h4-10,12H2,1-3H3. The summed E-state index contributed by atoms with van der Waals surface area (Å²) in [6, 6.07) is 0. The molecule has 0 aromatic carbocycles. The van der Waals surface area contributed by atoms with Gasteiger partial charge in [0.1, 0.15) is 0 Å². The van der Waals surface area contributed by atoms with Crippen LogP contribution in [-0.4, -0.2) is 55.5 Å². The minimum absolute atomic E-state index is 0.218. The lowest BCUT2D eigenvalue weighted by atomic mass is 10.3. The van der Waals surface area contributed by atoms with Crippen molar-refractivity contribution in [3.05, 3.63) is 0 Å². The number of carbonyl (C=O) groups is 1. The third-order valence-corrected chi connectivity index (χ3v) is 2.66. The highest BCUT2D eigenvalue weighted by atomic mass is 16.2. The van der Waals surface area contributed by atoms with Gasteiger partial charge in [-0.2, -0.15) is 0 Å². The maximum atomic E-state index is 11.6. The van der Waals surface area contributed by atoms with Gasteiger partial charge in [0.25, 0.3) is 0 Å². The molecule has 0 unspecified atom stereocenters. The largest absolute Gasteiger partial charge is 0.346 e. The van der Waals surface area contributed by atoms with Crippen LogP contribution in [0.15, 0.2) is 0 Å². The molecule has 0 saturated carbocycles. The second kappa shape index (κ2) is 8.68. The molecule has 1 amide bonds. The highest BCUT2D eigenvalue weighted by Crippen LogP contribution is 1.96. The summed E-state index contributed by atoms with van der Waals surface area (Å²) in [5, 5.41) is 0. The monoisotopic (exact) mass is 215 g/mol. The van der Waals surface area contributed by atoms with Crippen molar-refractivity contribution >= 4 is 5.91 Å². The van der Waals surface area contributed by atoms with E-state index in [0.29, 0.717) is 13.0 Å². The summed E-state index contributed by atoms with van der Waals surface area (Å²) in [6.07, 6.45) is 1.50. The first kappa shape index (κ1) is 14.4. The minimum atomic E-state index is 0.218. The van der Waals surface area contributed by atoms with Crippen LogP contribution in [0.4, 0.5) is 0 Å². The van der Waals surface area contributed by atoms with E-state index in [0.717, 1.165) is 32.6 Å². The van der Waals surface area contributed by atoms with Crippen LogP contribution >= 0.6 is 0 Å². The van der Waals surface area contributed by atoms with Crippen LogP contribution < -0.4 is 5.73 Å². The molecule has 0 rings (SSSR count). The highest BCUT2D eigenvalue weighted by Gasteiger charge is 2.09. The van der Waals surface area contributed by atoms with Gasteiger partial charge in [-0.05, 0) is 26.1 Å². The van der Waals surface area contributed by atoms with E-state index in [9.17, 15) is 4.79 Å². The Labute approximate surface area is 93.4 Å². The number of rotatable bonds is 8. The SMILES string of the molecule is CCN(CC)CCC(=O)N(C)CCCN. The number of amides is 1. The molecule has 90 valence electrons. The molecule has 0 radical (unpaired) electrons. The van der Waals surface area contributed by atoms with E-state index < -0.39 is 0 Å². The Kier molecular flexibility index (Phi) is 8.33. The number of nitrogens with zero attached hydrogens (tertiary/aromatic N) is 2. The van der Waals surface area contributed by atoms with Crippen LogP contribution in [0.1, 0.15) is 26.7 Å². The van der Waals surface area contributed by atoms with Gasteiger partial charge in [-0.3, -0.25) is 4.79 Å². The van der Waals surface area contributed by atoms with Crippen LogP contribution in [0.3, 0.4) is 0 Å². The van der Waals surface area contributed by atoms with Gasteiger partial charge in [-0.25, -0.2) is 0 Å². The van der Waals surface area contributed by atoms with Crippen LogP contribution in [0.2, 0.25) is 0 Å². The van der Waals surface area contributed by atoms with Gasteiger partial charge in [0.15, 0.2) is 0 Å². The first-order valence-electron chi connectivity index (χ1n) is 5.82. The molecule has 0 aliphatic heterocycles. The van der Waals surface area contributed by atoms with Crippen molar-refractivity contribution in [1.82, 2.24) is 9.80 Å². The quantitative estimate of drug-likeness (QED) is 0.642. The molecule has 0 atom stereocenters. The van der Waals surface area contributed by atoms with E-state index in [-0.39, 0.29) is 5.91 Å². The molecular formula is C11H25N3O. The Morgan fingerprint density at radius 1 is 1.20 bits per heavy atom. The Bertz CT molecular complexity index is 169. The van der Waals surface area contributed by atoms with Crippen LogP contribution in [-0.2, 0) is 4.79 Å². The second-order valence-electron chi connectivity index (χ2n) is 3.73. The average Bonchev–Trinajstić information content (AvgIpc) is 2.26. The summed E-state index contributed by atoms with van der Waals surface area (Å²) in [5.74, 6) is 0.218. The lowest BCUT2D eigenvalue weighted by Crippen LogP contribution is -2.33. The number of hydrogen-bond acceptors (Lipinski definition) is 3. The van der Waals surface area contributed by atoms with Crippen molar-refractivity contribution < 1.29 is 4.79 Å². The first-order chi connectivity index (χ1) is 7.15. The normalized spacial score (nSPS) is 10.7. The summed E-state index contributed by atoms with van der Waals surface area (Å²) >= 11 is 0. The Hall–Kier alpha value is -0.610. The van der Waals surface area contributed by atoms with Crippen molar-refractivity contribution in [2.75, 3.05) is 39.8 Å². The molecule has 4 heteroatoms. The van der Waals surface area contributed by atoms with E-state index in [1.165, 1.54) is 0 Å². The Balaban J connectivity index is 3.71. The van der Waals surface area contributed by atoms with Crippen LogP contribution in [0.5, 0.6) is 0 Å². The van der Waals surface area contributed by atoms with E-state index in [1.807, 2.05) is 7.05 Å². The Morgan fingerprint density at radius 3 is 2.27 bits per heavy atom. The molecule has 0 fully saturated rings. The molecule has 0 aromatic rings. The third kappa shape index (κ3) is 6.47. The first-order valence-corrected chi connectivity index (χ1v) is 5.82. The summed E-state index contributed by atoms with van der Waals surface area (Å²) in [5.41, 5.74) is 5.40. The topological polar surface area (TPSA) is 49.6 Å². The summed E-state index contributed by atoms with van der Waals surface area (Å²) in [7, 11) is 1.85. The molecule has 4 nitrogen and oxygen atoms in total. The Morgan fingerprint density at radius 2 is 1.80 bits per heavy atom. The van der Waals surface area contributed by atoms with Gasteiger partial charge in [0.05, 0.1) is 0 Å². The van der Waals surface area contributed by atoms with Crippen molar-refractivity contribution in [1.29, 1.82) is 0 Å². The van der Waals surface area contributed by atoms with Gasteiger partial charge < -0.3 is 15.5 Å². The molecule has 0 aliphatic carbocycles. The fourth-order valence-corrected chi connectivity index (χ4v) is 1.44. The average molecular weight is 215 g/mol. The summed E-state index contributed by atoms with van der Waals surface area (Å²) < 4.78 is 0. The zero-order chi connectivity index (χ0) is 11.7. The molecule has 0 heterocycles. The molecular weight excluding hydrogens is 190 g/mol. The predicted molar refractivity (Wildman–Crippen MR) is 63.7 cm³/mol. The zero-order valence-corrected chi connectivity index (χ0v) is 10.3. The molecule has 0 aliphatic rings.